The lowest BCUT2D eigenvalue weighted by molar-refractivity contribution is -0.384. The van der Waals surface area contributed by atoms with Gasteiger partial charge in [0.1, 0.15) is 24.2 Å². The number of hydrogen-bond acceptors (Lipinski definition) is 7. The molecule has 8 nitrogen and oxygen atoms in total. The summed E-state index contributed by atoms with van der Waals surface area (Å²) in [5, 5.41) is 11.4. The molecule has 5 rings (SSSR count). The number of benzene rings is 3. The Hall–Kier alpha value is -4.33. The van der Waals surface area contributed by atoms with Crippen LogP contribution in [0.2, 0.25) is 0 Å². The summed E-state index contributed by atoms with van der Waals surface area (Å²) in [6, 6.07) is 15.3. The van der Waals surface area contributed by atoms with Gasteiger partial charge in [-0.25, -0.2) is 0 Å². The van der Waals surface area contributed by atoms with Crippen molar-refractivity contribution in [2.45, 2.75) is 32.8 Å². The first-order valence-corrected chi connectivity index (χ1v) is 11.9. The molecule has 1 aliphatic heterocycles. The van der Waals surface area contributed by atoms with E-state index in [-0.39, 0.29) is 17.7 Å². The quantitative estimate of drug-likeness (QED) is 0.231. The van der Waals surface area contributed by atoms with Crippen LogP contribution in [-0.4, -0.2) is 18.1 Å². The van der Waals surface area contributed by atoms with Gasteiger partial charge in [-0.1, -0.05) is 19.4 Å². The van der Waals surface area contributed by atoms with Crippen molar-refractivity contribution < 1.29 is 23.6 Å². The lowest BCUT2D eigenvalue weighted by Gasteiger charge is -2.13. The van der Waals surface area contributed by atoms with Gasteiger partial charge in [0, 0.05) is 24.6 Å². The first-order chi connectivity index (χ1) is 17.5. The standard InChI is InChI=1S/C28H25NO7/c1-2-4-20-13-22-26(15-25(20)35-16-18-5-8-21(9-6-18)29(31)32)36-17-23(28(22)30)19-7-10-24-27(14-19)34-12-3-11-33-24/h5-10,13-15,17H,2-4,11-12,16H2,1H3. The molecule has 0 atom stereocenters. The van der Waals surface area contributed by atoms with E-state index in [1.165, 1.54) is 18.4 Å². The van der Waals surface area contributed by atoms with Crippen LogP contribution in [0.1, 0.15) is 30.9 Å². The third-order valence-corrected chi connectivity index (χ3v) is 6.08. The maximum absolute atomic E-state index is 13.5. The summed E-state index contributed by atoms with van der Waals surface area (Å²) >= 11 is 0. The Kier molecular flexibility index (Phi) is 6.58. The average molecular weight is 488 g/mol. The molecule has 0 saturated heterocycles. The highest BCUT2D eigenvalue weighted by atomic mass is 16.6. The van der Waals surface area contributed by atoms with E-state index in [9.17, 15) is 14.9 Å². The van der Waals surface area contributed by atoms with E-state index in [0.717, 1.165) is 30.4 Å². The molecule has 0 amide bonds. The Morgan fingerprint density at radius 1 is 1.00 bits per heavy atom. The van der Waals surface area contributed by atoms with Crippen molar-refractivity contribution in [2.75, 3.05) is 13.2 Å². The number of nitro groups is 1. The van der Waals surface area contributed by atoms with E-state index < -0.39 is 4.92 Å². The summed E-state index contributed by atoms with van der Waals surface area (Å²) in [5.41, 5.74) is 3.17. The van der Waals surface area contributed by atoms with Gasteiger partial charge in [0.25, 0.3) is 5.69 Å². The molecule has 0 aliphatic carbocycles. The molecule has 8 heteroatoms. The maximum atomic E-state index is 13.5. The molecule has 0 radical (unpaired) electrons. The summed E-state index contributed by atoms with van der Waals surface area (Å²) in [5.74, 6) is 1.90. The lowest BCUT2D eigenvalue weighted by atomic mass is 10.0. The topological polar surface area (TPSA) is 101 Å². The molecular weight excluding hydrogens is 462 g/mol. The van der Waals surface area contributed by atoms with E-state index in [1.54, 1.807) is 18.2 Å². The van der Waals surface area contributed by atoms with Crippen LogP contribution in [0, 0.1) is 10.1 Å². The monoisotopic (exact) mass is 487 g/mol. The van der Waals surface area contributed by atoms with Crippen molar-refractivity contribution in [3.8, 4) is 28.4 Å². The minimum Gasteiger partial charge on any atom is -0.490 e. The van der Waals surface area contributed by atoms with Crippen LogP contribution >= 0.6 is 0 Å². The number of ether oxygens (including phenoxy) is 3. The molecule has 1 aromatic heterocycles. The minimum absolute atomic E-state index is 0.0299. The van der Waals surface area contributed by atoms with Gasteiger partial charge in [-0.05, 0) is 53.4 Å². The molecule has 0 fully saturated rings. The van der Waals surface area contributed by atoms with Crippen LogP contribution < -0.4 is 19.6 Å². The van der Waals surface area contributed by atoms with Gasteiger partial charge in [-0.3, -0.25) is 14.9 Å². The third kappa shape index (κ3) is 4.75. The number of rotatable bonds is 7. The Morgan fingerprint density at radius 3 is 2.53 bits per heavy atom. The Morgan fingerprint density at radius 2 is 1.78 bits per heavy atom. The maximum Gasteiger partial charge on any atom is 0.269 e. The molecule has 0 saturated carbocycles. The molecule has 36 heavy (non-hydrogen) atoms. The summed E-state index contributed by atoms with van der Waals surface area (Å²) in [7, 11) is 0. The zero-order valence-corrected chi connectivity index (χ0v) is 19.8. The van der Waals surface area contributed by atoms with Gasteiger partial charge < -0.3 is 18.6 Å². The molecular formula is C28H25NO7. The Bertz CT molecular complexity index is 1470. The molecule has 0 unspecified atom stereocenters. The number of non-ortho nitro benzene ring substituents is 1. The van der Waals surface area contributed by atoms with Gasteiger partial charge in [0.2, 0.25) is 5.43 Å². The number of nitrogens with zero attached hydrogens (tertiary/aromatic N) is 1. The second kappa shape index (κ2) is 10.1. The zero-order valence-electron chi connectivity index (χ0n) is 19.8. The first kappa shape index (κ1) is 23.4. The lowest BCUT2D eigenvalue weighted by Crippen LogP contribution is -2.07. The van der Waals surface area contributed by atoms with Crippen molar-refractivity contribution in [3.05, 3.63) is 92.3 Å². The smallest absolute Gasteiger partial charge is 0.269 e. The predicted octanol–water partition coefficient (Wildman–Crippen LogP) is 6.06. The number of aryl methyl sites for hydroxylation is 1. The zero-order chi connectivity index (χ0) is 25.1. The van der Waals surface area contributed by atoms with E-state index >= 15 is 0 Å². The fourth-order valence-corrected chi connectivity index (χ4v) is 4.21. The van der Waals surface area contributed by atoms with Crippen LogP contribution in [0.25, 0.3) is 22.1 Å². The summed E-state index contributed by atoms with van der Waals surface area (Å²) in [6.07, 6.45) is 3.85. The van der Waals surface area contributed by atoms with Gasteiger partial charge in [0.15, 0.2) is 11.5 Å². The van der Waals surface area contributed by atoms with Crippen molar-refractivity contribution in [3.63, 3.8) is 0 Å². The fourth-order valence-electron chi connectivity index (χ4n) is 4.21. The summed E-state index contributed by atoms with van der Waals surface area (Å²) in [4.78, 5) is 23.9. The molecule has 0 spiro atoms. The molecule has 1 aliphatic rings. The average Bonchev–Trinajstić information content (AvgIpc) is 3.13. The second-order valence-corrected chi connectivity index (χ2v) is 8.61. The Balaban J connectivity index is 1.47. The van der Waals surface area contributed by atoms with Crippen LogP contribution in [0.15, 0.2) is 70.1 Å². The molecule has 4 aromatic rings. The fraction of sp³-hybridized carbons (Fsp3) is 0.250. The predicted molar refractivity (Wildman–Crippen MR) is 135 cm³/mol. The highest BCUT2D eigenvalue weighted by Gasteiger charge is 2.17. The second-order valence-electron chi connectivity index (χ2n) is 8.61. The van der Waals surface area contributed by atoms with Crippen LogP contribution in [0.4, 0.5) is 5.69 Å². The van der Waals surface area contributed by atoms with Crippen molar-refractivity contribution in [2.24, 2.45) is 0 Å². The van der Waals surface area contributed by atoms with E-state index in [4.69, 9.17) is 18.6 Å². The van der Waals surface area contributed by atoms with Crippen molar-refractivity contribution in [1.82, 2.24) is 0 Å². The SMILES string of the molecule is CCCc1cc2c(=O)c(-c3ccc4c(c3)OCCCO4)coc2cc1OCc1ccc([N+](=O)[O-])cc1. The highest BCUT2D eigenvalue weighted by Crippen LogP contribution is 2.34. The van der Waals surface area contributed by atoms with Gasteiger partial charge in [-0.2, -0.15) is 0 Å². The van der Waals surface area contributed by atoms with Crippen LogP contribution in [0.3, 0.4) is 0 Å². The minimum atomic E-state index is -0.435. The van der Waals surface area contributed by atoms with E-state index in [0.29, 0.717) is 52.6 Å². The number of fused-ring (bicyclic) bond motifs is 2. The molecule has 3 aromatic carbocycles. The van der Waals surface area contributed by atoms with Crippen molar-refractivity contribution >= 4 is 16.7 Å². The van der Waals surface area contributed by atoms with Crippen LogP contribution in [0.5, 0.6) is 17.2 Å². The first-order valence-electron chi connectivity index (χ1n) is 11.9. The van der Waals surface area contributed by atoms with E-state index in [2.05, 4.69) is 6.92 Å². The van der Waals surface area contributed by atoms with Gasteiger partial charge in [0.05, 0.1) is 29.1 Å². The highest BCUT2D eigenvalue weighted by molar-refractivity contribution is 5.84. The molecule has 2 heterocycles. The number of nitro benzene ring substituents is 1. The normalized spacial score (nSPS) is 12.8. The third-order valence-electron chi connectivity index (χ3n) is 6.08. The van der Waals surface area contributed by atoms with E-state index in [1.807, 2.05) is 24.3 Å². The Labute approximate surface area is 207 Å². The number of hydrogen-bond donors (Lipinski definition) is 0. The largest absolute Gasteiger partial charge is 0.490 e. The summed E-state index contributed by atoms with van der Waals surface area (Å²) < 4.78 is 23.4. The van der Waals surface area contributed by atoms with Crippen LogP contribution in [-0.2, 0) is 13.0 Å². The van der Waals surface area contributed by atoms with Crippen molar-refractivity contribution in [1.29, 1.82) is 0 Å². The molecule has 0 N–H and O–H groups in total. The van der Waals surface area contributed by atoms with Gasteiger partial charge >= 0.3 is 0 Å². The summed E-state index contributed by atoms with van der Waals surface area (Å²) in [6.45, 7) is 3.45. The molecule has 0 bridgehead atoms. The molecule has 184 valence electrons. The van der Waals surface area contributed by atoms with Gasteiger partial charge in [-0.15, -0.1) is 0 Å².